The summed E-state index contributed by atoms with van der Waals surface area (Å²) in [5, 5.41) is 2.84. The van der Waals surface area contributed by atoms with E-state index in [2.05, 4.69) is 5.32 Å². The summed E-state index contributed by atoms with van der Waals surface area (Å²) in [6, 6.07) is 11.5. The number of hydrogen-bond donors (Lipinski definition) is 2. The molecular formula is C16H17FN2O. The molecule has 104 valence electrons. The zero-order valence-corrected chi connectivity index (χ0v) is 11.3. The molecule has 0 heterocycles. The predicted octanol–water partition coefficient (Wildman–Crippen LogP) is 2.69. The molecule has 0 aromatic heterocycles. The normalized spacial score (nSPS) is 10.3. The van der Waals surface area contributed by atoms with Crippen LogP contribution in [0.15, 0.2) is 42.5 Å². The van der Waals surface area contributed by atoms with E-state index < -0.39 is 0 Å². The molecular weight excluding hydrogens is 255 g/mol. The fourth-order valence-electron chi connectivity index (χ4n) is 1.95. The summed E-state index contributed by atoms with van der Waals surface area (Å²) in [5.41, 5.74) is 8.71. The Morgan fingerprint density at radius 3 is 2.60 bits per heavy atom. The van der Waals surface area contributed by atoms with Crippen molar-refractivity contribution in [1.82, 2.24) is 5.32 Å². The van der Waals surface area contributed by atoms with Crippen molar-refractivity contribution in [1.29, 1.82) is 0 Å². The maximum Gasteiger partial charge on any atom is 0.251 e. The molecule has 1 amide bonds. The van der Waals surface area contributed by atoms with E-state index in [1.165, 1.54) is 12.1 Å². The van der Waals surface area contributed by atoms with Crippen LogP contribution in [0.25, 0.3) is 0 Å². The highest BCUT2D eigenvalue weighted by Gasteiger charge is 2.08. The van der Waals surface area contributed by atoms with Gasteiger partial charge in [0.1, 0.15) is 5.82 Å². The van der Waals surface area contributed by atoms with Crippen molar-refractivity contribution in [3.05, 3.63) is 65.0 Å². The monoisotopic (exact) mass is 272 g/mol. The van der Waals surface area contributed by atoms with Crippen LogP contribution in [0.1, 0.15) is 21.5 Å². The van der Waals surface area contributed by atoms with Gasteiger partial charge in [0.15, 0.2) is 0 Å². The van der Waals surface area contributed by atoms with Gasteiger partial charge in [-0.15, -0.1) is 0 Å². The number of nitrogen functional groups attached to an aromatic ring is 1. The smallest absolute Gasteiger partial charge is 0.251 e. The highest BCUT2D eigenvalue weighted by atomic mass is 19.1. The van der Waals surface area contributed by atoms with E-state index in [4.69, 9.17) is 5.73 Å². The summed E-state index contributed by atoms with van der Waals surface area (Å²) in [4.78, 5) is 12.0. The topological polar surface area (TPSA) is 55.1 Å². The molecule has 0 saturated carbocycles. The van der Waals surface area contributed by atoms with Crippen molar-refractivity contribution in [2.75, 3.05) is 12.3 Å². The first kappa shape index (κ1) is 14.1. The SMILES string of the molecule is Cc1ccc(N)cc1C(=O)NCCc1ccc(F)cc1. The number of anilines is 1. The number of carbonyl (C=O) groups is 1. The molecule has 0 spiro atoms. The zero-order chi connectivity index (χ0) is 14.5. The molecule has 3 nitrogen and oxygen atoms in total. The van der Waals surface area contributed by atoms with Gasteiger partial charge in [-0.1, -0.05) is 18.2 Å². The van der Waals surface area contributed by atoms with E-state index in [0.717, 1.165) is 11.1 Å². The molecule has 0 bridgehead atoms. The first-order valence-electron chi connectivity index (χ1n) is 6.45. The highest BCUT2D eigenvalue weighted by molar-refractivity contribution is 5.96. The van der Waals surface area contributed by atoms with Crippen molar-refractivity contribution in [3.8, 4) is 0 Å². The van der Waals surface area contributed by atoms with Crippen LogP contribution < -0.4 is 11.1 Å². The molecule has 0 atom stereocenters. The van der Waals surface area contributed by atoms with Gasteiger partial charge in [0.2, 0.25) is 0 Å². The Bertz CT molecular complexity index is 608. The van der Waals surface area contributed by atoms with Gasteiger partial charge in [0, 0.05) is 17.8 Å². The van der Waals surface area contributed by atoms with Crippen LogP contribution in [0.3, 0.4) is 0 Å². The maximum absolute atomic E-state index is 12.8. The van der Waals surface area contributed by atoms with Gasteiger partial charge in [0.05, 0.1) is 0 Å². The molecule has 20 heavy (non-hydrogen) atoms. The molecule has 0 fully saturated rings. The van der Waals surface area contributed by atoms with Gasteiger partial charge < -0.3 is 11.1 Å². The number of nitrogens with two attached hydrogens (primary N) is 1. The number of halogens is 1. The minimum Gasteiger partial charge on any atom is -0.399 e. The Morgan fingerprint density at radius 2 is 1.90 bits per heavy atom. The minimum absolute atomic E-state index is 0.142. The van der Waals surface area contributed by atoms with E-state index >= 15 is 0 Å². The first-order valence-corrected chi connectivity index (χ1v) is 6.45. The van der Waals surface area contributed by atoms with Gasteiger partial charge in [0.25, 0.3) is 5.91 Å². The molecule has 0 aliphatic heterocycles. The molecule has 2 aromatic carbocycles. The number of amides is 1. The molecule has 0 aliphatic rings. The molecule has 2 aromatic rings. The summed E-state index contributed by atoms with van der Waals surface area (Å²) in [6.45, 7) is 2.37. The lowest BCUT2D eigenvalue weighted by molar-refractivity contribution is 0.0953. The number of hydrogen-bond acceptors (Lipinski definition) is 2. The third kappa shape index (κ3) is 3.57. The summed E-state index contributed by atoms with van der Waals surface area (Å²) in [6.07, 6.45) is 0.660. The van der Waals surface area contributed by atoms with Gasteiger partial charge in [-0.25, -0.2) is 4.39 Å². The van der Waals surface area contributed by atoms with Crippen LogP contribution in [0.4, 0.5) is 10.1 Å². The van der Waals surface area contributed by atoms with Crippen molar-refractivity contribution in [2.45, 2.75) is 13.3 Å². The second-order valence-corrected chi connectivity index (χ2v) is 4.71. The summed E-state index contributed by atoms with van der Waals surface area (Å²) >= 11 is 0. The van der Waals surface area contributed by atoms with E-state index in [9.17, 15) is 9.18 Å². The van der Waals surface area contributed by atoms with Gasteiger partial charge in [-0.05, 0) is 48.7 Å². The van der Waals surface area contributed by atoms with Crippen molar-refractivity contribution in [2.24, 2.45) is 0 Å². The molecule has 4 heteroatoms. The lowest BCUT2D eigenvalue weighted by Crippen LogP contribution is -2.26. The van der Waals surface area contributed by atoms with Crippen LogP contribution in [0.2, 0.25) is 0 Å². The summed E-state index contributed by atoms with van der Waals surface area (Å²) in [7, 11) is 0. The number of nitrogens with one attached hydrogen (secondary N) is 1. The van der Waals surface area contributed by atoms with Crippen LogP contribution in [0, 0.1) is 12.7 Å². The zero-order valence-electron chi connectivity index (χ0n) is 11.3. The fourth-order valence-corrected chi connectivity index (χ4v) is 1.95. The second kappa shape index (κ2) is 6.19. The first-order chi connectivity index (χ1) is 9.56. The standard InChI is InChI=1S/C16H17FN2O/c1-11-2-7-14(18)10-15(11)16(20)19-9-8-12-3-5-13(17)6-4-12/h2-7,10H,8-9,18H2,1H3,(H,19,20). The molecule has 2 rings (SSSR count). The van der Waals surface area contributed by atoms with Crippen molar-refractivity contribution in [3.63, 3.8) is 0 Å². The Morgan fingerprint density at radius 1 is 1.20 bits per heavy atom. The maximum atomic E-state index is 12.8. The van der Waals surface area contributed by atoms with Crippen molar-refractivity contribution < 1.29 is 9.18 Å². The van der Waals surface area contributed by atoms with E-state index in [-0.39, 0.29) is 11.7 Å². The van der Waals surface area contributed by atoms with Crippen LogP contribution >= 0.6 is 0 Å². The average molecular weight is 272 g/mol. The predicted molar refractivity (Wildman–Crippen MR) is 78.0 cm³/mol. The van der Waals surface area contributed by atoms with Crippen molar-refractivity contribution >= 4 is 11.6 Å². The molecule has 0 aliphatic carbocycles. The Balaban J connectivity index is 1.92. The Kier molecular flexibility index (Phi) is 4.35. The number of aryl methyl sites for hydroxylation is 1. The van der Waals surface area contributed by atoms with Gasteiger partial charge >= 0.3 is 0 Å². The molecule has 0 radical (unpaired) electrons. The van der Waals surface area contributed by atoms with Gasteiger partial charge in [-0.2, -0.15) is 0 Å². The van der Waals surface area contributed by atoms with Gasteiger partial charge in [-0.3, -0.25) is 4.79 Å². The second-order valence-electron chi connectivity index (χ2n) is 4.71. The average Bonchev–Trinajstić information content (AvgIpc) is 2.43. The third-order valence-electron chi connectivity index (χ3n) is 3.12. The Labute approximate surface area is 117 Å². The molecule has 0 unspecified atom stereocenters. The third-order valence-corrected chi connectivity index (χ3v) is 3.12. The highest BCUT2D eigenvalue weighted by Crippen LogP contribution is 2.12. The molecule has 3 N–H and O–H groups in total. The minimum atomic E-state index is -0.256. The number of rotatable bonds is 4. The Hall–Kier alpha value is -2.36. The van der Waals surface area contributed by atoms with E-state index in [0.29, 0.717) is 24.2 Å². The summed E-state index contributed by atoms with van der Waals surface area (Å²) < 4.78 is 12.8. The lowest BCUT2D eigenvalue weighted by atomic mass is 10.1. The van der Waals surface area contributed by atoms with Crippen LogP contribution in [-0.4, -0.2) is 12.5 Å². The number of benzene rings is 2. The van der Waals surface area contributed by atoms with Crippen LogP contribution in [0.5, 0.6) is 0 Å². The molecule has 0 saturated heterocycles. The summed E-state index contributed by atoms with van der Waals surface area (Å²) in [5.74, 6) is -0.398. The fraction of sp³-hybridized carbons (Fsp3) is 0.188. The largest absolute Gasteiger partial charge is 0.399 e. The van der Waals surface area contributed by atoms with E-state index in [1.54, 1.807) is 24.3 Å². The number of carbonyl (C=O) groups excluding carboxylic acids is 1. The quantitative estimate of drug-likeness (QED) is 0.841. The van der Waals surface area contributed by atoms with E-state index in [1.807, 2.05) is 13.0 Å². The van der Waals surface area contributed by atoms with Crippen LogP contribution in [-0.2, 0) is 6.42 Å². The lowest BCUT2D eigenvalue weighted by Gasteiger charge is -2.08.